The molecule has 2 heterocycles. The molecule has 0 radical (unpaired) electrons. The maximum Gasteiger partial charge on any atom is 0.237 e. The van der Waals surface area contributed by atoms with Crippen molar-refractivity contribution in [2.75, 3.05) is 38.2 Å². The molecule has 1 N–H and O–H groups in total. The van der Waals surface area contributed by atoms with Crippen molar-refractivity contribution in [3.05, 3.63) is 29.8 Å². The fourth-order valence-corrected chi connectivity index (χ4v) is 3.53. The number of ether oxygens (including phenoxy) is 1. The molecule has 1 amide bonds. The molecule has 0 spiro atoms. The molecule has 2 unspecified atom stereocenters. The first-order valence-electron chi connectivity index (χ1n) is 8.56. The summed E-state index contributed by atoms with van der Waals surface area (Å²) in [7, 11) is 2.10. The number of hydrogen-bond donors (Lipinski definition) is 1. The lowest BCUT2D eigenvalue weighted by atomic mass is 10.1. The molecule has 23 heavy (non-hydrogen) atoms. The number of fused-ring (bicyclic) bond motifs is 1. The summed E-state index contributed by atoms with van der Waals surface area (Å²) in [5.74, 6) is 0.167. The quantitative estimate of drug-likeness (QED) is 0.917. The molecule has 0 bridgehead atoms. The lowest BCUT2D eigenvalue weighted by Crippen LogP contribution is -2.46. The normalized spacial score (nSPS) is 24.4. The first kappa shape index (κ1) is 16.3. The molecule has 1 aromatic rings. The van der Waals surface area contributed by atoms with Crippen molar-refractivity contribution in [2.24, 2.45) is 0 Å². The Kier molecular flexibility index (Phi) is 5.18. The Morgan fingerprint density at radius 3 is 3.00 bits per heavy atom. The molecule has 1 aromatic carbocycles. The average molecular weight is 317 g/mol. The van der Waals surface area contributed by atoms with E-state index in [9.17, 15) is 4.79 Å². The van der Waals surface area contributed by atoms with Gasteiger partial charge in [0.25, 0.3) is 0 Å². The number of carbonyl (C=O) groups excluding carboxylic acids is 1. The van der Waals surface area contributed by atoms with Crippen molar-refractivity contribution >= 4 is 11.6 Å². The van der Waals surface area contributed by atoms with Crippen molar-refractivity contribution in [1.82, 2.24) is 10.2 Å². The molecule has 126 valence electrons. The molecule has 5 nitrogen and oxygen atoms in total. The SMILES string of the molecule is CC1CN(C)c2ccccc2CN1C(=O)CNCC1CCCO1. The number of nitrogens with zero attached hydrogens (tertiary/aromatic N) is 2. The number of likely N-dealkylation sites (N-methyl/N-ethyl adjacent to an activating group) is 1. The summed E-state index contributed by atoms with van der Waals surface area (Å²) >= 11 is 0. The summed E-state index contributed by atoms with van der Waals surface area (Å²) in [6.45, 7) is 5.67. The Bertz CT molecular complexity index is 543. The summed E-state index contributed by atoms with van der Waals surface area (Å²) < 4.78 is 5.59. The van der Waals surface area contributed by atoms with E-state index in [1.54, 1.807) is 0 Å². The van der Waals surface area contributed by atoms with Crippen LogP contribution in [0.15, 0.2) is 24.3 Å². The number of rotatable bonds is 4. The molecule has 2 aliphatic rings. The van der Waals surface area contributed by atoms with Gasteiger partial charge in [-0.3, -0.25) is 4.79 Å². The third kappa shape index (κ3) is 3.85. The standard InChI is InChI=1S/C18H27N3O2/c1-14-12-20(2)17-8-4-3-6-15(17)13-21(14)18(22)11-19-10-16-7-5-9-23-16/h3-4,6,8,14,16,19H,5,7,9-13H2,1-2H3. The number of hydrogen-bond acceptors (Lipinski definition) is 4. The Hall–Kier alpha value is -1.59. The van der Waals surface area contributed by atoms with E-state index in [0.29, 0.717) is 13.1 Å². The molecule has 5 heteroatoms. The lowest BCUT2D eigenvalue weighted by molar-refractivity contribution is -0.132. The molecule has 3 rings (SSSR count). The van der Waals surface area contributed by atoms with Gasteiger partial charge in [-0.05, 0) is 31.4 Å². The van der Waals surface area contributed by atoms with Crippen LogP contribution < -0.4 is 10.2 Å². The number of anilines is 1. The van der Waals surface area contributed by atoms with Crippen LogP contribution in [0.5, 0.6) is 0 Å². The monoisotopic (exact) mass is 317 g/mol. The molecule has 0 aromatic heterocycles. The highest BCUT2D eigenvalue weighted by molar-refractivity contribution is 5.79. The van der Waals surface area contributed by atoms with Gasteiger partial charge in [-0.1, -0.05) is 18.2 Å². The summed E-state index contributed by atoms with van der Waals surface area (Å²) in [5, 5.41) is 3.27. The molecule has 0 saturated carbocycles. The van der Waals surface area contributed by atoms with E-state index in [-0.39, 0.29) is 18.1 Å². The van der Waals surface area contributed by atoms with E-state index in [1.807, 2.05) is 11.0 Å². The van der Waals surface area contributed by atoms with E-state index >= 15 is 0 Å². The van der Waals surface area contributed by atoms with Crippen LogP contribution in [0.1, 0.15) is 25.3 Å². The minimum absolute atomic E-state index is 0.167. The van der Waals surface area contributed by atoms with Gasteiger partial charge in [0.1, 0.15) is 0 Å². The summed E-state index contributed by atoms with van der Waals surface area (Å²) in [5.41, 5.74) is 2.44. The van der Waals surface area contributed by atoms with Gasteiger partial charge in [0.15, 0.2) is 0 Å². The van der Waals surface area contributed by atoms with Gasteiger partial charge in [-0.2, -0.15) is 0 Å². The van der Waals surface area contributed by atoms with Crippen LogP contribution in [-0.2, 0) is 16.1 Å². The van der Waals surface area contributed by atoms with Gasteiger partial charge in [-0.15, -0.1) is 0 Å². The number of amides is 1. The Morgan fingerprint density at radius 1 is 1.39 bits per heavy atom. The Morgan fingerprint density at radius 2 is 2.22 bits per heavy atom. The summed E-state index contributed by atoms with van der Waals surface area (Å²) in [6, 6.07) is 8.54. The molecule has 1 fully saturated rings. The molecule has 2 atom stereocenters. The van der Waals surface area contributed by atoms with Crippen LogP contribution >= 0.6 is 0 Å². The Labute approximate surface area is 138 Å². The van der Waals surface area contributed by atoms with Crippen LogP contribution in [0.2, 0.25) is 0 Å². The molecular formula is C18H27N3O2. The smallest absolute Gasteiger partial charge is 0.237 e. The van der Waals surface area contributed by atoms with Crippen LogP contribution in [0, 0.1) is 0 Å². The van der Waals surface area contributed by atoms with E-state index in [1.165, 1.54) is 11.3 Å². The second kappa shape index (κ2) is 7.32. The van der Waals surface area contributed by atoms with Gasteiger partial charge in [0.2, 0.25) is 5.91 Å². The van der Waals surface area contributed by atoms with Gasteiger partial charge in [0.05, 0.1) is 12.6 Å². The third-order valence-electron chi connectivity index (χ3n) is 4.81. The minimum Gasteiger partial charge on any atom is -0.377 e. The van der Waals surface area contributed by atoms with Crippen LogP contribution in [0.25, 0.3) is 0 Å². The van der Waals surface area contributed by atoms with Crippen molar-refractivity contribution in [1.29, 1.82) is 0 Å². The zero-order chi connectivity index (χ0) is 16.2. The van der Waals surface area contributed by atoms with Gasteiger partial charge in [0, 0.05) is 45.0 Å². The third-order valence-corrected chi connectivity index (χ3v) is 4.81. The predicted molar refractivity (Wildman–Crippen MR) is 91.6 cm³/mol. The second-order valence-corrected chi connectivity index (χ2v) is 6.65. The van der Waals surface area contributed by atoms with Crippen molar-refractivity contribution < 1.29 is 9.53 Å². The van der Waals surface area contributed by atoms with E-state index in [0.717, 1.165) is 32.5 Å². The van der Waals surface area contributed by atoms with E-state index in [4.69, 9.17) is 4.74 Å². The maximum atomic E-state index is 12.7. The molecule has 2 aliphatic heterocycles. The number of nitrogens with one attached hydrogen (secondary N) is 1. The number of para-hydroxylation sites is 1. The zero-order valence-electron chi connectivity index (χ0n) is 14.1. The lowest BCUT2D eigenvalue weighted by Gasteiger charge is -2.29. The fourth-order valence-electron chi connectivity index (χ4n) is 3.53. The van der Waals surface area contributed by atoms with Crippen molar-refractivity contribution in [3.63, 3.8) is 0 Å². The van der Waals surface area contributed by atoms with Crippen molar-refractivity contribution in [3.8, 4) is 0 Å². The fraction of sp³-hybridized carbons (Fsp3) is 0.611. The Balaban J connectivity index is 1.60. The number of benzene rings is 1. The van der Waals surface area contributed by atoms with Gasteiger partial charge < -0.3 is 19.9 Å². The topological polar surface area (TPSA) is 44.8 Å². The molecular weight excluding hydrogens is 290 g/mol. The summed E-state index contributed by atoms with van der Waals surface area (Å²) in [6.07, 6.45) is 2.50. The maximum absolute atomic E-state index is 12.7. The highest BCUT2D eigenvalue weighted by atomic mass is 16.5. The first-order valence-corrected chi connectivity index (χ1v) is 8.56. The van der Waals surface area contributed by atoms with Crippen LogP contribution in [0.3, 0.4) is 0 Å². The molecule has 1 saturated heterocycles. The largest absolute Gasteiger partial charge is 0.377 e. The zero-order valence-corrected chi connectivity index (χ0v) is 14.1. The van der Waals surface area contributed by atoms with Crippen LogP contribution in [-0.4, -0.2) is 56.2 Å². The average Bonchev–Trinajstić information content (AvgIpc) is 3.01. The number of carbonyl (C=O) groups is 1. The minimum atomic E-state index is 0.167. The van der Waals surface area contributed by atoms with Gasteiger partial charge >= 0.3 is 0 Å². The first-order chi connectivity index (χ1) is 11.1. The highest BCUT2D eigenvalue weighted by Gasteiger charge is 2.26. The highest BCUT2D eigenvalue weighted by Crippen LogP contribution is 2.25. The summed E-state index contributed by atoms with van der Waals surface area (Å²) in [4.78, 5) is 16.9. The van der Waals surface area contributed by atoms with Crippen LogP contribution in [0.4, 0.5) is 5.69 Å². The van der Waals surface area contributed by atoms with E-state index < -0.39 is 0 Å². The second-order valence-electron chi connectivity index (χ2n) is 6.65. The molecule has 0 aliphatic carbocycles. The van der Waals surface area contributed by atoms with Gasteiger partial charge in [-0.25, -0.2) is 0 Å². The van der Waals surface area contributed by atoms with E-state index in [2.05, 4.69) is 42.4 Å². The van der Waals surface area contributed by atoms with Crippen molar-refractivity contribution in [2.45, 2.75) is 38.5 Å². The predicted octanol–water partition coefficient (Wildman–Crippen LogP) is 1.62.